The van der Waals surface area contributed by atoms with E-state index in [2.05, 4.69) is 10.6 Å². The minimum Gasteiger partial charge on any atom is -0.397 e. The van der Waals surface area contributed by atoms with Crippen molar-refractivity contribution in [2.24, 2.45) is 0 Å². The molecule has 1 aromatic rings. The molecule has 0 aromatic carbocycles. The van der Waals surface area contributed by atoms with E-state index in [0.29, 0.717) is 23.2 Å². The van der Waals surface area contributed by atoms with Crippen molar-refractivity contribution in [3.8, 4) is 0 Å². The van der Waals surface area contributed by atoms with Gasteiger partial charge in [-0.15, -0.1) is 11.3 Å². The zero-order valence-corrected chi connectivity index (χ0v) is 11.9. The summed E-state index contributed by atoms with van der Waals surface area (Å²) in [6, 6.07) is 2.18. The van der Waals surface area contributed by atoms with Gasteiger partial charge in [0.05, 0.1) is 16.8 Å². The predicted octanol–water partition coefficient (Wildman–Crippen LogP) is 1.80. The number of hydrogen-bond acceptors (Lipinski definition) is 5. The van der Waals surface area contributed by atoms with Crippen molar-refractivity contribution in [2.75, 3.05) is 17.6 Å². The number of nitrogens with one attached hydrogen (secondary N) is 2. The molecule has 0 saturated heterocycles. The van der Waals surface area contributed by atoms with Crippen molar-refractivity contribution in [1.82, 2.24) is 5.32 Å². The van der Waals surface area contributed by atoms with Crippen LogP contribution in [0, 0.1) is 0 Å². The Balaban J connectivity index is 1.98. The van der Waals surface area contributed by atoms with Gasteiger partial charge in [0.1, 0.15) is 4.88 Å². The summed E-state index contributed by atoms with van der Waals surface area (Å²) in [5.41, 5.74) is 6.39. The molecular formula is C13H21N3O2S. The number of amides is 1. The number of anilines is 2. The second-order valence-corrected chi connectivity index (χ2v) is 5.96. The highest BCUT2D eigenvalue weighted by Crippen LogP contribution is 2.31. The highest BCUT2D eigenvalue weighted by atomic mass is 32.1. The lowest BCUT2D eigenvalue weighted by atomic mass is 9.93. The number of carbonyl (C=O) groups excluding carboxylic acids is 1. The monoisotopic (exact) mass is 283 g/mol. The van der Waals surface area contributed by atoms with Crippen LogP contribution in [0.4, 0.5) is 10.7 Å². The second-order valence-electron chi connectivity index (χ2n) is 4.90. The maximum absolute atomic E-state index is 11.8. The van der Waals surface area contributed by atoms with Crippen LogP contribution < -0.4 is 16.4 Å². The number of aliphatic hydroxyl groups is 1. The third-order valence-corrected chi connectivity index (χ3v) is 4.43. The fourth-order valence-corrected chi connectivity index (χ4v) is 3.29. The molecule has 1 aliphatic carbocycles. The Morgan fingerprint density at radius 3 is 2.79 bits per heavy atom. The van der Waals surface area contributed by atoms with E-state index >= 15 is 0 Å². The van der Waals surface area contributed by atoms with Crippen LogP contribution in [-0.2, 0) is 0 Å². The summed E-state index contributed by atoms with van der Waals surface area (Å²) in [5.74, 6) is -0.114. The van der Waals surface area contributed by atoms with Gasteiger partial charge in [-0.25, -0.2) is 0 Å². The number of rotatable bonds is 4. The van der Waals surface area contributed by atoms with Gasteiger partial charge in [-0.2, -0.15) is 0 Å². The van der Waals surface area contributed by atoms with E-state index in [-0.39, 0.29) is 12.0 Å². The molecule has 5 N–H and O–H groups in total. The molecule has 6 heteroatoms. The average molecular weight is 283 g/mol. The van der Waals surface area contributed by atoms with E-state index in [4.69, 9.17) is 5.73 Å². The van der Waals surface area contributed by atoms with Gasteiger partial charge in [0.15, 0.2) is 0 Å². The van der Waals surface area contributed by atoms with E-state index in [0.717, 1.165) is 30.7 Å². The maximum atomic E-state index is 11.8. The molecule has 0 unspecified atom stereocenters. The Hall–Kier alpha value is -1.27. The van der Waals surface area contributed by atoms with Crippen LogP contribution in [-0.4, -0.2) is 29.7 Å². The van der Waals surface area contributed by atoms with Gasteiger partial charge < -0.3 is 21.5 Å². The van der Waals surface area contributed by atoms with Gasteiger partial charge >= 0.3 is 0 Å². The molecule has 0 radical (unpaired) electrons. The highest BCUT2D eigenvalue weighted by Gasteiger charge is 2.21. The zero-order chi connectivity index (χ0) is 13.8. The molecular weight excluding hydrogens is 262 g/mol. The first-order chi connectivity index (χ1) is 9.10. The number of thiophene rings is 1. The summed E-state index contributed by atoms with van der Waals surface area (Å²) in [7, 11) is 0. The van der Waals surface area contributed by atoms with Gasteiger partial charge in [-0.05, 0) is 38.7 Å². The molecule has 2 rings (SSSR count). The van der Waals surface area contributed by atoms with Crippen molar-refractivity contribution in [3.63, 3.8) is 0 Å². The first-order valence-electron chi connectivity index (χ1n) is 6.72. The van der Waals surface area contributed by atoms with E-state index in [9.17, 15) is 9.90 Å². The molecule has 1 aromatic heterocycles. The van der Waals surface area contributed by atoms with Crippen LogP contribution >= 0.6 is 11.3 Å². The van der Waals surface area contributed by atoms with E-state index < -0.39 is 0 Å². The maximum Gasteiger partial charge on any atom is 0.263 e. The second kappa shape index (κ2) is 6.25. The molecule has 19 heavy (non-hydrogen) atoms. The Labute approximate surface area is 117 Å². The average Bonchev–Trinajstić information content (AvgIpc) is 2.74. The molecule has 106 valence electrons. The lowest BCUT2D eigenvalue weighted by Crippen LogP contribution is -2.27. The molecule has 0 atom stereocenters. The van der Waals surface area contributed by atoms with Gasteiger partial charge in [0, 0.05) is 12.6 Å². The predicted molar refractivity (Wildman–Crippen MR) is 78.6 cm³/mol. The van der Waals surface area contributed by atoms with Crippen molar-refractivity contribution >= 4 is 27.9 Å². The lowest BCUT2D eigenvalue weighted by Gasteiger charge is -2.26. The third kappa shape index (κ3) is 3.61. The lowest BCUT2D eigenvalue weighted by molar-refractivity contribution is 0.0960. The topological polar surface area (TPSA) is 87.4 Å². The minimum atomic E-state index is -0.155. The molecule has 1 amide bonds. The van der Waals surface area contributed by atoms with Crippen LogP contribution in [0.15, 0.2) is 6.07 Å². The number of nitrogen functional groups attached to an aromatic ring is 1. The highest BCUT2D eigenvalue weighted by molar-refractivity contribution is 7.18. The summed E-state index contributed by atoms with van der Waals surface area (Å²) in [6.07, 6.45) is 3.42. The van der Waals surface area contributed by atoms with Crippen molar-refractivity contribution in [1.29, 1.82) is 0 Å². The van der Waals surface area contributed by atoms with Gasteiger partial charge in [0.25, 0.3) is 5.91 Å². The van der Waals surface area contributed by atoms with Gasteiger partial charge in [0.2, 0.25) is 0 Å². The first-order valence-corrected chi connectivity index (χ1v) is 7.54. The molecule has 0 spiro atoms. The van der Waals surface area contributed by atoms with E-state index in [1.165, 1.54) is 11.3 Å². The van der Waals surface area contributed by atoms with Crippen LogP contribution in [0.25, 0.3) is 0 Å². The minimum absolute atomic E-state index is 0.114. The summed E-state index contributed by atoms with van der Waals surface area (Å²) in [5, 5.41) is 16.6. The normalized spacial score (nSPS) is 23.1. The molecule has 5 nitrogen and oxygen atoms in total. The SMILES string of the molecule is CCNC(=O)c1sc(NC2CCC(O)CC2)cc1N. The van der Waals surface area contributed by atoms with Gasteiger partial charge in [-0.1, -0.05) is 0 Å². The Morgan fingerprint density at radius 2 is 2.16 bits per heavy atom. The van der Waals surface area contributed by atoms with Crippen molar-refractivity contribution < 1.29 is 9.90 Å². The number of aliphatic hydroxyl groups excluding tert-OH is 1. The number of nitrogens with two attached hydrogens (primary N) is 1. The molecule has 1 heterocycles. The Morgan fingerprint density at radius 1 is 1.47 bits per heavy atom. The largest absolute Gasteiger partial charge is 0.397 e. The zero-order valence-electron chi connectivity index (χ0n) is 11.1. The van der Waals surface area contributed by atoms with Crippen LogP contribution in [0.3, 0.4) is 0 Å². The Bertz CT molecular complexity index is 439. The quantitative estimate of drug-likeness (QED) is 0.678. The smallest absolute Gasteiger partial charge is 0.263 e. The van der Waals surface area contributed by atoms with Crippen molar-refractivity contribution in [2.45, 2.75) is 44.8 Å². The van der Waals surface area contributed by atoms with E-state index in [1.807, 2.05) is 13.0 Å². The number of carbonyl (C=O) groups is 1. The van der Waals surface area contributed by atoms with Crippen LogP contribution in [0.2, 0.25) is 0 Å². The van der Waals surface area contributed by atoms with Crippen LogP contribution in [0.1, 0.15) is 42.3 Å². The van der Waals surface area contributed by atoms with Crippen molar-refractivity contribution in [3.05, 3.63) is 10.9 Å². The molecule has 0 bridgehead atoms. The van der Waals surface area contributed by atoms with Crippen LogP contribution in [0.5, 0.6) is 0 Å². The molecule has 0 aliphatic heterocycles. The van der Waals surface area contributed by atoms with Gasteiger partial charge in [-0.3, -0.25) is 4.79 Å². The molecule has 1 saturated carbocycles. The first kappa shape index (κ1) is 14.1. The number of hydrogen-bond donors (Lipinski definition) is 4. The molecule has 1 aliphatic rings. The third-order valence-electron chi connectivity index (χ3n) is 3.35. The summed E-state index contributed by atoms with van der Waals surface area (Å²) < 4.78 is 0. The summed E-state index contributed by atoms with van der Waals surface area (Å²) in [6.45, 7) is 2.48. The fraction of sp³-hybridized carbons (Fsp3) is 0.615. The standard InChI is InChI=1S/C13H21N3O2S/c1-2-15-13(18)12-10(14)7-11(19-12)16-8-3-5-9(17)6-4-8/h7-9,16-17H,2-6,14H2,1H3,(H,15,18). The fourth-order valence-electron chi connectivity index (χ4n) is 2.32. The Kier molecular flexibility index (Phi) is 4.66. The summed E-state index contributed by atoms with van der Waals surface area (Å²) >= 11 is 1.39. The molecule has 1 fully saturated rings. The van der Waals surface area contributed by atoms with E-state index in [1.54, 1.807) is 0 Å². The summed E-state index contributed by atoms with van der Waals surface area (Å²) in [4.78, 5) is 12.3.